The van der Waals surface area contributed by atoms with E-state index in [0.717, 1.165) is 62.3 Å². The lowest BCUT2D eigenvalue weighted by Crippen LogP contribution is -2.58. The van der Waals surface area contributed by atoms with Crippen LogP contribution in [0.1, 0.15) is 170 Å². The van der Waals surface area contributed by atoms with Crippen LogP contribution in [-0.2, 0) is 35.1 Å². The van der Waals surface area contributed by atoms with Crippen LogP contribution in [0.4, 0.5) is 9.18 Å². The van der Waals surface area contributed by atoms with E-state index in [9.17, 15) is 33.2 Å². The number of aromatic nitrogens is 1. The Hall–Kier alpha value is -3.98. The zero-order valence-corrected chi connectivity index (χ0v) is 45.5. The quantitative estimate of drug-likeness (QED) is 0.0225. The van der Waals surface area contributed by atoms with Crippen LogP contribution in [0.25, 0.3) is 0 Å². The summed E-state index contributed by atoms with van der Waals surface area (Å²) in [7, 11) is 7.02. The molecule has 71 heavy (non-hydrogen) atoms. The van der Waals surface area contributed by atoms with Crippen molar-refractivity contribution in [1.82, 2.24) is 36.3 Å². The second kappa shape index (κ2) is 31.6. The van der Waals surface area contributed by atoms with Gasteiger partial charge in [0.2, 0.25) is 17.7 Å². The van der Waals surface area contributed by atoms with Gasteiger partial charge in [0.25, 0.3) is 5.91 Å². The van der Waals surface area contributed by atoms with Gasteiger partial charge in [0.05, 0.1) is 12.0 Å². The number of hydrogen-bond donors (Lipinski definition) is 5. The number of nitrogens with one attached hydrogen (secondary N) is 4. The first kappa shape index (κ1) is 59.6. The SMILES string of the molecule is CCC(C)C(NC(=O)C1CCCCN1C)C(=O)N(C)C(CC(OC(C)=O)c1nc(C(=O)NC2Cc3ccc(F)cc3C(C(=O)NNC(=O)OCCSSCCCCCCCCCCCN)C2)cs1)C(C)C. The predicted molar refractivity (Wildman–Crippen MR) is 281 cm³/mol. The second-order valence-corrected chi connectivity index (χ2v) is 23.0. The van der Waals surface area contributed by atoms with Crippen LogP contribution < -0.4 is 27.2 Å². The lowest BCUT2D eigenvalue weighted by atomic mass is 9.79. The Morgan fingerprint density at radius 2 is 1.65 bits per heavy atom. The number of hydrazine groups is 1. The topological polar surface area (TPSA) is 214 Å². The summed E-state index contributed by atoms with van der Waals surface area (Å²) in [4.78, 5) is 88.5. The molecule has 0 spiro atoms. The number of rotatable bonds is 29. The van der Waals surface area contributed by atoms with E-state index in [4.69, 9.17) is 15.2 Å². The van der Waals surface area contributed by atoms with Crippen molar-refractivity contribution in [3.05, 3.63) is 51.2 Å². The number of likely N-dealkylation sites (N-methyl/N-ethyl adjacent to an activating group) is 2. The van der Waals surface area contributed by atoms with Crippen molar-refractivity contribution < 1.29 is 42.6 Å². The van der Waals surface area contributed by atoms with Crippen molar-refractivity contribution in [1.29, 1.82) is 0 Å². The van der Waals surface area contributed by atoms with E-state index in [1.807, 2.05) is 39.6 Å². The standard InChI is InChI=1S/C51H81FN8O8S3/c1-8-34(4)45(56-48(64)42-20-16-18-24-59(42)6)50(65)60(7)43(33(2)3)31-44(68-35(5)61)49-55-41(32-69-49)47(63)54-38-28-36-21-22-37(52)29-39(36)40(30-38)46(62)57-58-51(66)67-25-27-71-70-26-19-15-13-11-9-10-12-14-17-23-53/h21-22,29,32-34,38,40,42-45H,8-20,23-28,30-31,53H2,1-7H3,(H,54,63)(H,56,64)(H,57,62)(H,58,66). The Labute approximate surface area is 433 Å². The van der Waals surface area contributed by atoms with E-state index in [-0.39, 0.29) is 54.8 Å². The van der Waals surface area contributed by atoms with Crippen LogP contribution in [0.15, 0.2) is 23.6 Å². The van der Waals surface area contributed by atoms with Gasteiger partial charge in [0, 0.05) is 49.4 Å². The number of unbranched alkanes of at least 4 members (excludes halogenated alkanes) is 8. The Bertz CT molecular complexity index is 2010. The molecule has 1 aromatic heterocycles. The third kappa shape index (κ3) is 19.8. The Morgan fingerprint density at radius 1 is 0.958 bits per heavy atom. The van der Waals surface area contributed by atoms with Crippen LogP contribution in [0.5, 0.6) is 0 Å². The van der Waals surface area contributed by atoms with Gasteiger partial charge < -0.3 is 30.7 Å². The smallest absolute Gasteiger partial charge is 0.426 e. The fourth-order valence-electron chi connectivity index (χ4n) is 9.28. The molecule has 2 heterocycles. The summed E-state index contributed by atoms with van der Waals surface area (Å²) in [6, 6.07) is 2.11. The molecule has 1 aliphatic heterocycles. The summed E-state index contributed by atoms with van der Waals surface area (Å²) in [5.41, 5.74) is 11.5. The first-order chi connectivity index (χ1) is 34.0. The highest BCUT2D eigenvalue weighted by molar-refractivity contribution is 8.76. The van der Waals surface area contributed by atoms with E-state index in [0.29, 0.717) is 34.7 Å². The first-order valence-electron chi connectivity index (χ1n) is 25.7. The summed E-state index contributed by atoms with van der Waals surface area (Å²) < 4.78 is 25.6. The number of carbonyl (C=O) groups excluding carboxylic acids is 6. The molecule has 1 aliphatic carbocycles. The number of halogens is 1. The highest BCUT2D eigenvalue weighted by atomic mass is 33.1. The number of nitrogens with zero attached hydrogens (tertiary/aromatic N) is 3. The first-order valence-corrected chi connectivity index (χ1v) is 29.1. The average Bonchev–Trinajstić information content (AvgIpc) is 3.85. The van der Waals surface area contributed by atoms with Gasteiger partial charge >= 0.3 is 12.1 Å². The number of likely N-dealkylation sites (tertiary alicyclic amines) is 1. The van der Waals surface area contributed by atoms with E-state index in [1.165, 1.54) is 64.0 Å². The minimum absolute atomic E-state index is 0.0719. The molecule has 398 valence electrons. The molecule has 7 atom stereocenters. The molecule has 2 aliphatic rings. The number of ether oxygens (including phenoxy) is 2. The van der Waals surface area contributed by atoms with E-state index in [1.54, 1.807) is 45.0 Å². The fraction of sp³-hybridized carbons (Fsp3) is 0.706. The van der Waals surface area contributed by atoms with Crippen molar-refractivity contribution >= 4 is 68.6 Å². The highest BCUT2D eigenvalue weighted by Gasteiger charge is 2.38. The zero-order valence-electron chi connectivity index (χ0n) is 43.1. The van der Waals surface area contributed by atoms with Gasteiger partial charge in [-0.15, -0.1) is 11.3 Å². The molecular weight excluding hydrogens is 968 g/mol. The third-order valence-electron chi connectivity index (χ3n) is 13.6. The van der Waals surface area contributed by atoms with E-state index in [2.05, 4.69) is 26.5 Å². The van der Waals surface area contributed by atoms with Gasteiger partial charge in [-0.2, -0.15) is 0 Å². The van der Waals surface area contributed by atoms with Gasteiger partial charge in [-0.1, -0.05) is 113 Å². The highest BCUT2D eigenvalue weighted by Crippen LogP contribution is 2.34. The molecule has 20 heteroatoms. The fourth-order valence-corrected chi connectivity index (χ4v) is 12.1. The molecule has 1 saturated heterocycles. The molecule has 1 fully saturated rings. The number of carbonyl (C=O) groups is 6. The summed E-state index contributed by atoms with van der Waals surface area (Å²) in [6.07, 6.45) is 13.3. The maximum atomic E-state index is 14.5. The van der Waals surface area contributed by atoms with E-state index < -0.39 is 59.8 Å². The van der Waals surface area contributed by atoms with Crippen molar-refractivity contribution in [2.24, 2.45) is 17.6 Å². The molecule has 1 aromatic carbocycles. The lowest BCUT2D eigenvalue weighted by molar-refractivity contribution is -0.149. The molecule has 4 rings (SSSR count). The zero-order chi connectivity index (χ0) is 51.9. The molecule has 16 nitrogen and oxygen atoms in total. The number of amides is 5. The largest absolute Gasteiger partial charge is 0.455 e. The van der Waals surface area contributed by atoms with Gasteiger partial charge in [-0.05, 0) is 93.8 Å². The lowest BCUT2D eigenvalue weighted by Gasteiger charge is -2.38. The predicted octanol–water partition coefficient (Wildman–Crippen LogP) is 8.21. The number of hydrogen-bond acceptors (Lipinski definition) is 14. The van der Waals surface area contributed by atoms with Crippen LogP contribution in [0.3, 0.4) is 0 Å². The molecule has 7 unspecified atom stereocenters. The number of nitrogens with two attached hydrogens (primary N) is 1. The number of benzene rings is 1. The van der Waals surface area contributed by atoms with Gasteiger partial charge in [0.1, 0.15) is 29.2 Å². The number of fused-ring (bicyclic) bond motifs is 1. The third-order valence-corrected chi connectivity index (χ3v) is 17.0. The van der Waals surface area contributed by atoms with Gasteiger partial charge in [0.15, 0.2) is 6.10 Å². The maximum absolute atomic E-state index is 14.5. The molecule has 5 amide bonds. The summed E-state index contributed by atoms with van der Waals surface area (Å²) in [5, 5.41) is 7.99. The summed E-state index contributed by atoms with van der Waals surface area (Å²) in [5.74, 6) is -2.12. The van der Waals surface area contributed by atoms with Crippen LogP contribution in [0, 0.1) is 17.7 Å². The number of thiazole rings is 1. The number of piperidine rings is 1. The normalized spacial score (nSPS) is 18.6. The van der Waals surface area contributed by atoms with Gasteiger partial charge in [-0.3, -0.25) is 34.3 Å². The second-order valence-electron chi connectivity index (χ2n) is 19.4. The Kier molecular flexibility index (Phi) is 26.5. The van der Waals surface area contributed by atoms with Crippen molar-refractivity contribution in [2.75, 3.05) is 45.3 Å². The van der Waals surface area contributed by atoms with E-state index >= 15 is 0 Å². The minimum atomic E-state index is -0.915. The molecular formula is C51H81FN8O8S3. The van der Waals surface area contributed by atoms with Crippen LogP contribution in [0.2, 0.25) is 0 Å². The Balaban J connectivity index is 1.31. The molecule has 0 radical (unpaired) electrons. The van der Waals surface area contributed by atoms with Crippen LogP contribution in [-0.4, -0.2) is 120 Å². The van der Waals surface area contributed by atoms with Crippen molar-refractivity contribution in [3.63, 3.8) is 0 Å². The molecule has 0 bridgehead atoms. The molecule has 6 N–H and O–H groups in total. The monoisotopic (exact) mass is 1050 g/mol. The van der Waals surface area contributed by atoms with Gasteiger partial charge in [-0.25, -0.2) is 19.6 Å². The minimum Gasteiger partial charge on any atom is -0.455 e. The average molecular weight is 1050 g/mol. The van der Waals surface area contributed by atoms with Crippen LogP contribution >= 0.6 is 32.9 Å². The Morgan fingerprint density at radius 3 is 2.31 bits per heavy atom. The maximum Gasteiger partial charge on any atom is 0.426 e. The summed E-state index contributed by atoms with van der Waals surface area (Å²) in [6.45, 7) is 10.9. The molecule has 0 saturated carbocycles. The van der Waals surface area contributed by atoms with Crippen molar-refractivity contribution in [3.8, 4) is 0 Å². The number of esters is 1. The summed E-state index contributed by atoms with van der Waals surface area (Å²) >= 11 is 1.15. The molecule has 2 aromatic rings. The van der Waals surface area contributed by atoms with Crippen molar-refractivity contribution in [2.45, 2.75) is 174 Å².